The topological polar surface area (TPSA) is 98.2 Å². The number of aromatic nitrogens is 1. The van der Waals surface area contributed by atoms with Crippen molar-refractivity contribution in [2.24, 2.45) is 5.73 Å². The van der Waals surface area contributed by atoms with Gasteiger partial charge in [0.2, 0.25) is 5.89 Å². The Balaban J connectivity index is 1.86. The van der Waals surface area contributed by atoms with Gasteiger partial charge < -0.3 is 15.5 Å². The normalized spacial score (nSPS) is 10.8. The summed E-state index contributed by atoms with van der Waals surface area (Å²) in [6.45, 7) is 3.63. The number of hydrogen-bond donors (Lipinski definition) is 2. The lowest BCUT2D eigenvalue weighted by Gasteiger charge is -2.02. The molecule has 0 bridgehead atoms. The van der Waals surface area contributed by atoms with E-state index in [4.69, 9.17) is 33.4 Å². The maximum atomic E-state index is 12.4. The first-order valence-corrected chi connectivity index (χ1v) is 8.97. The number of nitrogens with one attached hydrogen (secondary N) is 1. The summed E-state index contributed by atoms with van der Waals surface area (Å²) in [5.41, 5.74) is 7.10. The van der Waals surface area contributed by atoms with E-state index < -0.39 is 11.8 Å². The van der Waals surface area contributed by atoms with Gasteiger partial charge >= 0.3 is 0 Å². The summed E-state index contributed by atoms with van der Waals surface area (Å²) in [5, 5.41) is 3.81. The monoisotopic (exact) mass is 409 g/mol. The molecule has 0 saturated carbocycles. The number of primary amides is 1. The fraction of sp³-hybridized carbons (Fsp3) is 0.118. The molecule has 0 aliphatic carbocycles. The molecule has 9 heteroatoms. The van der Waals surface area contributed by atoms with Crippen LogP contribution in [-0.4, -0.2) is 16.8 Å². The fourth-order valence-electron chi connectivity index (χ4n) is 2.32. The summed E-state index contributed by atoms with van der Waals surface area (Å²) in [4.78, 5) is 29.1. The Bertz CT molecular complexity index is 1030. The number of thiophene rings is 1. The highest BCUT2D eigenvalue weighted by molar-refractivity contribution is 7.16. The zero-order chi connectivity index (χ0) is 19.0. The maximum absolute atomic E-state index is 12.4. The van der Waals surface area contributed by atoms with Crippen molar-refractivity contribution in [1.82, 2.24) is 4.98 Å². The van der Waals surface area contributed by atoms with Crippen LogP contribution in [0.25, 0.3) is 11.5 Å². The van der Waals surface area contributed by atoms with Gasteiger partial charge in [-0.3, -0.25) is 9.59 Å². The number of amides is 2. The minimum atomic E-state index is -0.598. The summed E-state index contributed by atoms with van der Waals surface area (Å²) in [7, 11) is 0. The second-order valence-corrected chi connectivity index (χ2v) is 7.51. The van der Waals surface area contributed by atoms with Crippen LogP contribution in [0.1, 0.15) is 31.3 Å². The quantitative estimate of drug-likeness (QED) is 0.653. The molecule has 2 aromatic heterocycles. The Labute approximate surface area is 162 Å². The molecular weight excluding hydrogens is 397 g/mol. The zero-order valence-corrected chi connectivity index (χ0v) is 16.1. The van der Waals surface area contributed by atoms with E-state index in [0.717, 1.165) is 10.4 Å². The van der Waals surface area contributed by atoms with Gasteiger partial charge in [-0.05, 0) is 37.6 Å². The molecule has 134 valence electrons. The lowest BCUT2D eigenvalue weighted by molar-refractivity contribution is 0.100. The van der Waals surface area contributed by atoms with Gasteiger partial charge in [-0.15, -0.1) is 11.3 Å². The molecule has 3 rings (SSSR count). The summed E-state index contributed by atoms with van der Waals surface area (Å²) in [5.74, 6) is -0.884. The lowest BCUT2D eigenvalue weighted by atomic mass is 10.1. The minimum Gasteiger partial charge on any atom is -0.444 e. The Morgan fingerprint density at radius 3 is 2.62 bits per heavy atom. The Morgan fingerprint density at radius 1 is 1.23 bits per heavy atom. The second kappa shape index (κ2) is 7.11. The van der Waals surface area contributed by atoms with Crippen molar-refractivity contribution in [3.8, 4) is 11.5 Å². The van der Waals surface area contributed by atoms with Crippen LogP contribution in [0, 0.1) is 13.8 Å². The molecule has 0 spiro atoms. The van der Waals surface area contributed by atoms with Crippen LogP contribution in [0.2, 0.25) is 10.0 Å². The average Bonchev–Trinajstić information content (AvgIpc) is 3.16. The maximum Gasteiger partial charge on any atom is 0.278 e. The third-order valence-corrected chi connectivity index (χ3v) is 5.62. The van der Waals surface area contributed by atoms with Crippen LogP contribution in [0.15, 0.2) is 28.9 Å². The van der Waals surface area contributed by atoms with Crippen molar-refractivity contribution in [2.75, 3.05) is 5.32 Å². The van der Waals surface area contributed by atoms with Crippen molar-refractivity contribution in [3.63, 3.8) is 0 Å². The summed E-state index contributed by atoms with van der Waals surface area (Å²) in [6.07, 6.45) is 1.23. The third kappa shape index (κ3) is 3.46. The third-order valence-electron chi connectivity index (χ3n) is 3.76. The number of nitrogens with zero attached hydrogens (tertiary/aromatic N) is 1. The van der Waals surface area contributed by atoms with Gasteiger partial charge in [-0.25, -0.2) is 4.98 Å². The van der Waals surface area contributed by atoms with Gasteiger partial charge in [0, 0.05) is 10.4 Å². The molecular formula is C17H13Cl2N3O3S. The summed E-state index contributed by atoms with van der Waals surface area (Å²) < 4.78 is 5.35. The molecule has 2 heterocycles. The predicted molar refractivity (Wildman–Crippen MR) is 102 cm³/mol. The standard InChI is InChI=1S/C17H13Cl2N3O3S/c1-7-8(2)26-17(13(7)14(20)23)22-15(24)12-6-25-16(21-12)9-3-4-10(18)11(19)5-9/h3-6H,1-2H3,(H2,20,23)(H,22,24). The van der Waals surface area contributed by atoms with Crippen LogP contribution in [0.4, 0.5) is 5.00 Å². The highest BCUT2D eigenvalue weighted by atomic mass is 35.5. The van der Waals surface area contributed by atoms with Crippen molar-refractivity contribution in [1.29, 1.82) is 0 Å². The van der Waals surface area contributed by atoms with E-state index in [1.54, 1.807) is 25.1 Å². The zero-order valence-electron chi connectivity index (χ0n) is 13.7. The first-order chi connectivity index (χ1) is 12.3. The van der Waals surface area contributed by atoms with Gasteiger partial charge in [0.1, 0.15) is 11.3 Å². The summed E-state index contributed by atoms with van der Waals surface area (Å²) in [6, 6.07) is 4.88. The molecule has 3 aromatic rings. The molecule has 0 aliphatic heterocycles. The predicted octanol–water partition coefficient (Wildman–Crippen LogP) is 4.68. The molecule has 2 amide bonds. The highest BCUT2D eigenvalue weighted by Gasteiger charge is 2.21. The molecule has 1 aromatic carbocycles. The molecule has 0 radical (unpaired) electrons. The van der Waals surface area contributed by atoms with E-state index in [1.807, 2.05) is 6.92 Å². The minimum absolute atomic E-state index is 0.0604. The average molecular weight is 410 g/mol. The SMILES string of the molecule is Cc1sc(NC(=O)c2coc(-c3ccc(Cl)c(Cl)c3)n2)c(C(N)=O)c1C. The molecule has 26 heavy (non-hydrogen) atoms. The Morgan fingerprint density at radius 2 is 1.96 bits per heavy atom. The largest absolute Gasteiger partial charge is 0.444 e. The number of aryl methyl sites for hydroxylation is 1. The molecule has 0 fully saturated rings. The van der Waals surface area contributed by atoms with Gasteiger partial charge in [-0.2, -0.15) is 0 Å². The Kier molecular flexibility index (Phi) is 5.04. The molecule has 3 N–H and O–H groups in total. The van der Waals surface area contributed by atoms with Crippen LogP contribution in [-0.2, 0) is 0 Å². The van der Waals surface area contributed by atoms with E-state index >= 15 is 0 Å². The van der Waals surface area contributed by atoms with E-state index in [9.17, 15) is 9.59 Å². The number of carbonyl (C=O) groups excluding carboxylic acids is 2. The summed E-state index contributed by atoms with van der Waals surface area (Å²) >= 11 is 13.1. The van der Waals surface area contributed by atoms with Gasteiger partial charge in [0.15, 0.2) is 5.69 Å². The number of carbonyl (C=O) groups is 2. The van der Waals surface area contributed by atoms with E-state index in [-0.39, 0.29) is 11.6 Å². The number of anilines is 1. The smallest absolute Gasteiger partial charge is 0.278 e. The molecule has 0 saturated heterocycles. The number of benzene rings is 1. The van der Waals surface area contributed by atoms with Gasteiger partial charge in [0.05, 0.1) is 15.6 Å². The molecule has 0 atom stereocenters. The Hall–Kier alpha value is -2.35. The van der Waals surface area contributed by atoms with E-state index in [1.165, 1.54) is 17.6 Å². The van der Waals surface area contributed by atoms with Crippen molar-refractivity contribution in [3.05, 3.63) is 56.2 Å². The molecule has 6 nitrogen and oxygen atoms in total. The van der Waals surface area contributed by atoms with Crippen LogP contribution in [0.3, 0.4) is 0 Å². The molecule has 0 unspecified atom stereocenters. The van der Waals surface area contributed by atoms with Crippen LogP contribution < -0.4 is 11.1 Å². The van der Waals surface area contributed by atoms with Crippen molar-refractivity contribution >= 4 is 51.4 Å². The first kappa shape index (κ1) is 18.4. The van der Waals surface area contributed by atoms with Crippen molar-refractivity contribution in [2.45, 2.75) is 13.8 Å². The van der Waals surface area contributed by atoms with E-state index in [0.29, 0.717) is 26.2 Å². The van der Waals surface area contributed by atoms with Crippen LogP contribution >= 0.6 is 34.5 Å². The highest BCUT2D eigenvalue weighted by Crippen LogP contribution is 2.33. The number of nitrogens with two attached hydrogens (primary N) is 1. The first-order valence-electron chi connectivity index (χ1n) is 7.40. The molecule has 0 aliphatic rings. The number of rotatable bonds is 4. The number of oxazole rings is 1. The fourth-order valence-corrected chi connectivity index (χ4v) is 3.68. The van der Waals surface area contributed by atoms with Crippen molar-refractivity contribution < 1.29 is 14.0 Å². The van der Waals surface area contributed by atoms with Gasteiger partial charge in [0.25, 0.3) is 11.8 Å². The second-order valence-electron chi connectivity index (χ2n) is 5.47. The van der Waals surface area contributed by atoms with Gasteiger partial charge in [-0.1, -0.05) is 23.2 Å². The van der Waals surface area contributed by atoms with Crippen LogP contribution in [0.5, 0.6) is 0 Å². The van der Waals surface area contributed by atoms with E-state index in [2.05, 4.69) is 10.3 Å². The lowest BCUT2D eigenvalue weighted by Crippen LogP contribution is -2.17. The number of hydrogen-bond acceptors (Lipinski definition) is 5. The number of halogens is 2.